The van der Waals surface area contributed by atoms with Crippen LogP contribution in [0.5, 0.6) is 11.5 Å². The summed E-state index contributed by atoms with van der Waals surface area (Å²) in [6.45, 7) is 4.11. The molecule has 0 aliphatic carbocycles. The average Bonchev–Trinajstić information content (AvgIpc) is 3.40. The second-order valence-electron chi connectivity index (χ2n) is 10.2. The molecule has 0 bridgehead atoms. The van der Waals surface area contributed by atoms with Crippen molar-refractivity contribution in [3.8, 4) is 11.5 Å². The molecule has 3 aromatic carbocycles. The van der Waals surface area contributed by atoms with E-state index in [4.69, 9.17) is 9.47 Å². The molecule has 10 heteroatoms. The Hall–Kier alpha value is -4.05. The second-order valence-corrected chi connectivity index (χ2v) is 12.1. The SMILES string of the molecule is CC(C)CNC(=O)[C@H](Cc1ccccc1)N(Cc1ccccc1)C(=O)CN(c1ccc2c(c1)OCO2)S(C)(=O)=O. The number of benzene rings is 3. The van der Waals surface area contributed by atoms with Crippen molar-refractivity contribution in [1.82, 2.24) is 10.2 Å². The third-order valence-corrected chi connectivity index (χ3v) is 7.62. The van der Waals surface area contributed by atoms with Gasteiger partial charge in [-0.15, -0.1) is 0 Å². The van der Waals surface area contributed by atoms with E-state index >= 15 is 0 Å². The molecule has 0 saturated carbocycles. The monoisotopic (exact) mass is 565 g/mol. The Morgan fingerprint density at radius 1 is 0.900 bits per heavy atom. The van der Waals surface area contributed by atoms with Crippen LogP contribution in [0.2, 0.25) is 0 Å². The van der Waals surface area contributed by atoms with Gasteiger partial charge in [0.2, 0.25) is 28.6 Å². The topological polar surface area (TPSA) is 105 Å². The Kier molecular flexibility index (Phi) is 9.31. The quantitative estimate of drug-likeness (QED) is 0.360. The Bertz CT molecular complexity index is 1410. The molecule has 0 aromatic heterocycles. The Morgan fingerprint density at radius 2 is 1.52 bits per heavy atom. The van der Waals surface area contributed by atoms with E-state index in [1.165, 1.54) is 11.0 Å². The fourth-order valence-corrected chi connectivity index (χ4v) is 5.25. The van der Waals surface area contributed by atoms with Gasteiger partial charge in [0.15, 0.2) is 11.5 Å². The number of carbonyl (C=O) groups excluding carboxylic acids is 2. The summed E-state index contributed by atoms with van der Waals surface area (Å²) in [6, 6.07) is 22.7. The van der Waals surface area contributed by atoms with E-state index in [-0.39, 0.29) is 37.3 Å². The summed E-state index contributed by atoms with van der Waals surface area (Å²) in [6.07, 6.45) is 1.31. The number of hydrogen-bond donors (Lipinski definition) is 1. The van der Waals surface area contributed by atoms with Crippen molar-refractivity contribution in [2.45, 2.75) is 32.9 Å². The van der Waals surface area contributed by atoms with Crippen molar-refractivity contribution in [1.29, 1.82) is 0 Å². The van der Waals surface area contributed by atoms with E-state index in [0.29, 0.717) is 18.0 Å². The van der Waals surface area contributed by atoms with Crippen LogP contribution >= 0.6 is 0 Å². The lowest BCUT2D eigenvalue weighted by Gasteiger charge is -2.33. The van der Waals surface area contributed by atoms with E-state index in [0.717, 1.165) is 21.7 Å². The van der Waals surface area contributed by atoms with Crippen LogP contribution < -0.4 is 19.1 Å². The molecule has 0 radical (unpaired) electrons. The van der Waals surface area contributed by atoms with E-state index in [1.807, 2.05) is 74.5 Å². The third kappa shape index (κ3) is 7.53. The van der Waals surface area contributed by atoms with Gasteiger partial charge in [0, 0.05) is 25.6 Å². The highest BCUT2D eigenvalue weighted by Gasteiger charge is 2.33. The van der Waals surface area contributed by atoms with Crippen molar-refractivity contribution >= 4 is 27.5 Å². The molecule has 0 unspecified atom stereocenters. The highest BCUT2D eigenvalue weighted by atomic mass is 32.2. The highest BCUT2D eigenvalue weighted by Crippen LogP contribution is 2.36. The largest absolute Gasteiger partial charge is 0.454 e. The van der Waals surface area contributed by atoms with Crippen LogP contribution in [0.4, 0.5) is 5.69 Å². The Labute approximate surface area is 235 Å². The van der Waals surface area contributed by atoms with Crippen molar-refractivity contribution < 1.29 is 27.5 Å². The number of sulfonamides is 1. The first-order valence-electron chi connectivity index (χ1n) is 13.1. The number of ether oxygens (including phenoxy) is 2. The number of amides is 2. The van der Waals surface area contributed by atoms with E-state index < -0.39 is 28.5 Å². The zero-order chi connectivity index (χ0) is 28.7. The van der Waals surface area contributed by atoms with Gasteiger partial charge in [-0.25, -0.2) is 8.42 Å². The van der Waals surface area contributed by atoms with Gasteiger partial charge in [-0.3, -0.25) is 13.9 Å². The summed E-state index contributed by atoms with van der Waals surface area (Å²) in [5.41, 5.74) is 1.97. The molecular weight excluding hydrogens is 530 g/mol. The van der Waals surface area contributed by atoms with Gasteiger partial charge in [0.1, 0.15) is 12.6 Å². The molecular formula is C30H35N3O6S. The molecule has 0 fully saturated rings. The fraction of sp³-hybridized carbons (Fsp3) is 0.333. The Morgan fingerprint density at radius 3 is 2.15 bits per heavy atom. The molecule has 0 saturated heterocycles. The summed E-state index contributed by atoms with van der Waals surface area (Å²) in [5.74, 6) is 0.309. The van der Waals surface area contributed by atoms with Gasteiger partial charge in [-0.1, -0.05) is 74.5 Å². The van der Waals surface area contributed by atoms with E-state index in [1.54, 1.807) is 12.1 Å². The summed E-state index contributed by atoms with van der Waals surface area (Å²) < 4.78 is 37.7. The number of anilines is 1. The summed E-state index contributed by atoms with van der Waals surface area (Å²) in [7, 11) is -3.87. The van der Waals surface area contributed by atoms with Gasteiger partial charge in [-0.2, -0.15) is 0 Å². The molecule has 0 spiro atoms. The Balaban J connectivity index is 1.70. The first-order chi connectivity index (χ1) is 19.1. The van der Waals surface area contributed by atoms with Crippen LogP contribution in [0.1, 0.15) is 25.0 Å². The predicted molar refractivity (Wildman–Crippen MR) is 154 cm³/mol. The normalized spacial score (nSPS) is 13.1. The molecule has 1 N–H and O–H groups in total. The smallest absolute Gasteiger partial charge is 0.244 e. The first-order valence-corrected chi connectivity index (χ1v) is 15.0. The van der Waals surface area contributed by atoms with Crippen molar-refractivity contribution in [2.75, 3.05) is 30.4 Å². The van der Waals surface area contributed by atoms with Crippen LogP contribution in [-0.2, 0) is 32.6 Å². The molecule has 1 atom stereocenters. The molecule has 2 amide bonds. The van der Waals surface area contributed by atoms with Gasteiger partial charge < -0.3 is 19.7 Å². The number of nitrogens with one attached hydrogen (secondary N) is 1. The molecule has 1 aliphatic rings. The molecule has 1 aliphatic heterocycles. The summed E-state index contributed by atoms with van der Waals surface area (Å²) in [5, 5.41) is 2.97. The number of nitrogens with zero attached hydrogens (tertiary/aromatic N) is 2. The lowest BCUT2D eigenvalue weighted by molar-refractivity contribution is -0.140. The van der Waals surface area contributed by atoms with Gasteiger partial charge >= 0.3 is 0 Å². The molecule has 1 heterocycles. The number of rotatable bonds is 12. The fourth-order valence-electron chi connectivity index (χ4n) is 4.41. The van der Waals surface area contributed by atoms with Crippen molar-refractivity contribution in [3.05, 3.63) is 90.0 Å². The van der Waals surface area contributed by atoms with Crippen LogP contribution in [0, 0.1) is 5.92 Å². The summed E-state index contributed by atoms with van der Waals surface area (Å²) >= 11 is 0. The predicted octanol–water partition coefficient (Wildman–Crippen LogP) is 3.59. The minimum atomic E-state index is -3.87. The zero-order valence-electron chi connectivity index (χ0n) is 22.9. The van der Waals surface area contributed by atoms with Crippen LogP contribution in [0.3, 0.4) is 0 Å². The minimum absolute atomic E-state index is 0.0358. The van der Waals surface area contributed by atoms with Gasteiger partial charge in [0.25, 0.3) is 0 Å². The van der Waals surface area contributed by atoms with Crippen molar-refractivity contribution in [3.63, 3.8) is 0 Å². The lowest BCUT2D eigenvalue weighted by atomic mass is 10.0. The van der Waals surface area contributed by atoms with E-state index in [2.05, 4.69) is 5.32 Å². The highest BCUT2D eigenvalue weighted by molar-refractivity contribution is 7.92. The maximum absolute atomic E-state index is 14.1. The molecule has 4 rings (SSSR count). The average molecular weight is 566 g/mol. The molecule has 3 aromatic rings. The number of hydrogen-bond acceptors (Lipinski definition) is 6. The van der Waals surface area contributed by atoms with Crippen molar-refractivity contribution in [2.24, 2.45) is 5.92 Å². The van der Waals surface area contributed by atoms with E-state index in [9.17, 15) is 18.0 Å². The standard InChI is InChI=1S/C30H35N3O6S/c1-22(2)18-31-30(35)26(16-23-10-6-4-7-11-23)32(19-24-12-8-5-9-13-24)29(34)20-33(40(3,36)37)25-14-15-27-28(17-25)39-21-38-27/h4-15,17,22,26H,16,18-21H2,1-3H3,(H,31,35)/t26-/m0/s1. The number of fused-ring (bicyclic) bond motifs is 1. The summed E-state index contributed by atoms with van der Waals surface area (Å²) in [4.78, 5) is 29.1. The zero-order valence-corrected chi connectivity index (χ0v) is 23.8. The third-order valence-electron chi connectivity index (χ3n) is 6.47. The number of carbonyl (C=O) groups is 2. The van der Waals surface area contributed by atoms with Gasteiger partial charge in [-0.05, 0) is 29.2 Å². The molecule has 40 heavy (non-hydrogen) atoms. The first kappa shape index (κ1) is 28.9. The van der Waals surface area contributed by atoms with Crippen LogP contribution in [0.25, 0.3) is 0 Å². The second kappa shape index (κ2) is 12.9. The molecule has 9 nitrogen and oxygen atoms in total. The minimum Gasteiger partial charge on any atom is -0.454 e. The van der Waals surface area contributed by atoms with Gasteiger partial charge in [0.05, 0.1) is 11.9 Å². The molecule has 212 valence electrons. The van der Waals surface area contributed by atoms with Crippen LogP contribution in [0.15, 0.2) is 78.9 Å². The lowest BCUT2D eigenvalue weighted by Crippen LogP contribution is -2.53. The maximum atomic E-state index is 14.1. The maximum Gasteiger partial charge on any atom is 0.244 e. The van der Waals surface area contributed by atoms with Crippen LogP contribution in [-0.4, -0.2) is 57.3 Å².